The van der Waals surface area contributed by atoms with Gasteiger partial charge < -0.3 is 10.6 Å². The minimum absolute atomic E-state index is 0.0463. The third-order valence-corrected chi connectivity index (χ3v) is 3.16. The molecule has 1 saturated carbocycles. The number of carbonyl (C=O) groups excluding carboxylic acids is 1. The summed E-state index contributed by atoms with van der Waals surface area (Å²) in [6, 6.07) is 4.01. The lowest BCUT2D eigenvalue weighted by Gasteiger charge is -2.26. The largest absolute Gasteiger partial charge is 0.335 e. The molecule has 0 saturated heterocycles. The van der Waals surface area contributed by atoms with Gasteiger partial charge in [-0.3, -0.25) is 10.1 Å². The number of urea groups is 1. The smallest absolute Gasteiger partial charge is 0.319 e. The van der Waals surface area contributed by atoms with E-state index in [1.54, 1.807) is 0 Å². The molecular formula is C11H12ClN3O3. The van der Waals surface area contributed by atoms with Crippen molar-refractivity contribution in [3.05, 3.63) is 33.3 Å². The Hall–Kier alpha value is -1.82. The molecule has 7 heteroatoms. The van der Waals surface area contributed by atoms with Gasteiger partial charge in [0.15, 0.2) is 0 Å². The van der Waals surface area contributed by atoms with Crippen LogP contribution in [0, 0.1) is 10.1 Å². The molecule has 0 spiro atoms. The van der Waals surface area contributed by atoms with Crippen molar-refractivity contribution in [3.63, 3.8) is 0 Å². The van der Waals surface area contributed by atoms with Crippen molar-refractivity contribution in [3.8, 4) is 0 Å². The van der Waals surface area contributed by atoms with E-state index in [2.05, 4.69) is 10.6 Å². The predicted molar refractivity (Wildman–Crippen MR) is 67.9 cm³/mol. The monoisotopic (exact) mass is 269 g/mol. The van der Waals surface area contributed by atoms with Gasteiger partial charge in [0.2, 0.25) is 0 Å². The molecule has 0 bridgehead atoms. The normalized spacial score (nSPS) is 14.7. The molecule has 1 fully saturated rings. The molecule has 18 heavy (non-hydrogen) atoms. The second-order valence-corrected chi connectivity index (χ2v) is 4.56. The molecule has 1 aliphatic rings. The molecule has 6 nitrogen and oxygen atoms in total. The number of nitro groups is 1. The van der Waals surface area contributed by atoms with Crippen LogP contribution in [0.3, 0.4) is 0 Å². The number of hydrogen-bond acceptors (Lipinski definition) is 3. The maximum atomic E-state index is 11.6. The van der Waals surface area contributed by atoms with Crippen molar-refractivity contribution in [1.82, 2.24) is 5.32 Å². The molecule has 2 N–H and O–H groups in total. The highest BCUT2D eigenvalue weighted by molar-refractivity contribution is 6.32. The van der Waals surface area contributed by atoms with E-state index in [1.165, 1.54) is 18.2 Å². The zero-order chi connectivity index (χ0) is 13.1. The number of rotatable bonds is 3. The summed E-state index contributed by atoms with van der Waals surface area (Å²) in [6.07, 6.45) is 3.08. The number of nitrogens with one attached hydrogen (secondary N) is 2. The van der Waals surface area contributed by atoms with E-state index in [1.807, 2.05) is 0 Å². The van der Waals surface area contributed by atoms with Crippen molar-refractivity contribution >= 4 is 29.0 Å². The van der Waals surface area contributed by atoms with Gasteiger partial charge >= 0.3 is 6.03 Å². The first-order chi connectivity index (χ1) is 8.56. The molecular weight excluding hydrogens is 258 g/mol. The summed E-state index contributed by atoms with van der Waals surface area (Å²) in [5, 5.41) is 16.1. The van der Waals surface area contributed by atoms with Gasteiger partial charge in [0.25, 0.3) is 5.69 Å². The Morgan fingerprint density at radius 2 is 2.17 bits per heavy atom. The van der Waals surface area contributed by atoms with Crippen LogP contribution in [-0.4, -0.2) is 17.0 Å². The lowest BCUT2D eigenvalue weighted by Crippen LogP contribution is -2.41. The van der Waals surface area contributed by atoms with Crippen molar-refractivity contribution < 1.29 is 9.72 Å². The second kappa shape index (κ2) is 5.22. The number of benzene rings is 1. The van der Waals surface area contributed by atoms with E-state index in [9.17, 15) is 14.9 Å². The Labute approximate surface area is 108 Å². The summed E-state index contributed by atoms with van der Waals surface area (Å²) < 4.78 is 0. The van der Waals surface area contributed by atoms with Crippen LogP contribution in [-0.2, 0) is 0 Å². The third kappa shape index (κ3) is 2.89. The highest BCUT2D eigenvalue weighted by Gasteiger charge is 2.20. The minimum atomic E-state index is -0.586. The maximum Gasteiger partial charge on any atom is 0.319 e. The van der Waals surface area contributed by atoms with Gasteiger partial charge in [0.05, 0.1) is 4.92 Å². The van der Waals surface area contributed by atoms with Gasteiger partial charge in [-0.15, -0.1) is 0 Å². The molecule has 0 unspecified atom stereocenters. The molecule has 2 amide bonds. The Morgan fingerprint density at radius 1 is 1.44 bits per heavy atom. The molecule has 0 heterocycles. The summed E-state index contributed by atoms with van der Waals surface area (Å²) in [7, 11) is 0. The standard InChI is InChI=1S/C11H12ClN3O3/c12-9-5-4-8(6-10(9)15(17)18)14-11(16)13-7-2-1-3-7/h4-7H,1-3H2,(H2,13,14,16). The number of amides is 2. The number of nitrogens with zero attached hydrogens (tertiary/aromatic N) is 1. The van der Waals surface area contributed by atoms with E-state index < -0.39 is 4.92 Å². The Bertz CT molecular complexity index is 488. The lowest BCUT2D eigenvalue weighted by molar-refractivity contribution is -0.384. The number of halogens is 1. The molecule has 0 radical (unpaired) electrons. The van der Waals surface area contributed by atoms with Crippen LogP contribution in [0.5, 0.6) is 0 Å². The van der Waals surface area contributed by atoms with Crippen LogP contribution in [0.1, 0.15) is 19.3 Å². The van der Waals surface area contributed by atoms with Crippen molar-refractivity contribution in [2.24, 2.45) is 0 Å². The number of carbonyl (C=O) groups is 1. The average molecular weight is 270 g/mol. The fourth-order valence-corrected chi connectivity index (χ4v) is 1.82. The highest BCUT2D eigenvalue weighted by Crippen LogP contribution is 2.27. The Morgan fingerprint density at radius 3 is 2.72 bits per heavy atom. The summed E-state index contributed by atoms with van der Waals surface area (Å²) >= 11 is 5.67. The number of nitro benzene ring substituents is 1. The molecule has 2 rings (SSSR count). The van der Waals surface area contributed by atoms with E-state index in [-0.39, 0.29) is 22.8 Å². The first-order valence-electron chi connectivity index (χ1n) is 5.58. The van der Waals surface area contributed by atoms with Crippen LogP contribution in [0.25, 0.3) is 0 Å². The van der Waals surface area contributed by atoms with Gasteiger partial charge in [0, 0.05) is 17.8 Å². The van der Waals surface area contributed by atoms with Gasteiger partial charge in [-0.2, -0.15) is 0 Å². The predicted octanol–water partition coefficient (Wildman–Crippen LogP) is 2.92. The number of hydrogen-bond donors (Lipinski definition) is 2. The molecule has 1 aliphatic carbocycles. The van der Waals surface area contributed by atoms with Crippen LogP contribution in [0.15, 0.2) is 18.2 Å². The SMILES string of the molecule is O=C(Nc1ccc(Cl)c([N+](=O)[O-])c1)NC1CCC1. The third-order valence-electron chi connectivity index (χ3n) is 2.84. The summed E-state index contributed by atoms with van der Waals surface area (Å²) in [5.41, 5.74) is 0.126. The van der Waals surface area contributed by atoms with Gasteiger partial charge in [0.1, 0.15) is 5.02 Å². The van der Waals surface area contributed by atoms with Crippen molar-refractivity contribution in [2.75, 3.05) is 5.32 Å². The van der Waals surface area contributed by atoms with E-state index in [0.29, 0.717) is 5.69 Å². The second-order valence-electron chi connectivity index (χ2n) is 4.15. The minimum Gasteiger partial charge on any atom is -0.335 e. The topological polar surface area (TPSA) is 84.3 Å². The fraction of sp³-hybridized carbons (Fsp3) is 0.364. The van der Waals surface area contributed by atoms with Crippen molar-refractivity contribution in [2.45, 2.75) is 25.3 Å². The van der Waals surface area contributed by atoms with E-state index >= 15 is 0 Å². The van der Waals surface area contributed by atoms with Gasteiger partial charge in [-0.1, -0.05) is 11.6 Å². The molecule has 0 aliphatic heterocycles. The first-order valence-corrected chi connectivity index (χ1v) is 5.95. The van der Waals surface area contributed by atoms with Crippen LogP contribution < -0.4 is 10.6 Å². The van der Waals surface area contributed by atoms with Crippen LogP contribution in [0.4, 0.5) is 16.2 Å². The zero-order valence-corrected chi connectivity index (χ0v) is 10.2. The summed E-state index contributed by atoms with van der Waals surface area (Å²) in [5.74, 6) is 0. The van der Waals surface area contributed by atoms with Crippen LogP contribution >= 0.6 is 11.6 Å². The summed E-state index contributed by atoms with van der Waals surface area (Å²) in [4.78, 5) is 21.7. The molecule has 96 valence electrons. The maximum absolute atomic E-state index is 11.6. The molecule has 0 atom stereocenters. The first kappa shape index (κ1) is 12.6. The molecule has 1 aromatic rings. The fourth-order valence-electron chi connectivity index (χ4n) is 1.64. The Balaban J connectivity index is 2.02. The van der Waals surface area contributed by atoms with Gasteiger partial charge in [-0.05, 0) is 31.4 Å². The molecule has 1 aromatic carbocycles. The lowest BCUT2D eigenvalue weighted by atomic mass is 9.93. The highest BCUT2D eigenvalue weighted by atomic mass is 35.5. The molecule has 0 aromatic heterocycles. The van der Waals surface area contributed by atoms with Crippen molar-refractivity contribution in [1.29, 1.82) is 0 Å². The quantitative estimate of drug-likeness (QED) is 0.653. The van der Waals surface area contributed by atoms with E-state index in [4.69, 9.17) is 11.6 Å². The van der Waals surface area contributed by atoms with E-state index in [0.717, 1.165) is 19.3 Å². The van der Waals surface area contributed by atoms with Crippen LogP contribution in [0.2, 0.25) is 5.02 Å². The van der Waals surface area contributed by atoms with Gasteiger partial charge in [-0.25, -0.2) is 4.79 Å². The number of anilines is 1. The summed E-state index contributed by atoms with van der Waals surface area (Å²) in [6.45, 7) is 0. The zero-order valence-electron chi connectivity index (χ0n) is 9.48. The average Bonchev–Trinajstić information content (AvgIpc) is 2.26. The Kier molecular flexibility index (Phi) is 3.66.